The molecule has 1 N–H and O–H groups in total. The highest BCUT2D eigenvalue weighted by molar-refractivity contribution is 5.85. The van der Waals surface area contributed by atoms with Gasteiger partial charge in [0.15, 0.2) is 0 Å². The van der Waals surface area contributed by atoms with Gasteiger partial charge in [-0.15, -0.1) is 24.8 Å². The van der Waals surface area contributed by atoms with Crippen LogP contribution in [0.1, 0.15) is 23.0 Å². The molecule has 3 aromatic heterocycles. The fraction of sp³-hybridized carbons (Fsp3) is 0.333. The third-order valence-corrected chi connectivity index (χ3v) is 4.61. The molecule has 0 radical (unpaired) electrons. The van der Waals surface area contributed by atoms with E-state index in [0.717, 1.165) is 37.5 Å². The molecule has 0 aliphatic carbocycles. The molecule has 1 saturated heterocycles. The van der Waals surface area contributed by atoms with Crippen LogP contribution in [0.15, 0.2) is 48.9 Å². The van der Waals surface area contributed by atoms with E-state index < -0.39 is 0 Å². The van der Waals surface area contributed by atoms with Gasteiger partial charge >= 0.3 is 0 Å². The number of aryl methyl sites for hydroxylation is 1. The zero-order chi connectivity index (χ0) is 15.6. The number of nitrogens with zero attached hydrogens (tertiary/aromatic N) is 4. The van der Waals surface area contributed by atoms with E-state index in [4.69, 9.17) is 0 Å². The topological polar surface area (TPSA) is 45.5 Å². The van der Waals surface area contributed by atoms with E-state index in [1.54, 1.807) is 0 Å². The van der Waals surface area contributed by atoms with Crippen molar-refractivity contribution in [1.82, 2.24) is 24.6 Å². The molecule has 25 heavy (non-hydrogen) atoms. The molecular formula is C18H23Cl2N5. The SMILES string of the molecule is Cc1nc2ccccn2c1CN1CCNCC1c1cccnc1.Cl.Cl. The molecule has 0 spiro atoms. The molecule has 4 heterocycles. The van der Waals surface area contributed by atoms with Gasteiger partial charge in [-0.1, -0.05) is 12.1 Å². The second-order valence-electron chi connectivity index (χ2n) is 6.05. The van der Waals surface area contributed by atoms with Gasteiger partial charge in [-0.2, -0.15) is 0 Å². The minimum atomic E-state index is 0. The molecule has 0 amide bonds. The maximum Gasteiger partial charge on any atom is 0.137 e. The molecule has 0 bridgehead atoms. The molecular weight excluding hydrogens is 357 g/mol. The molecule has 0 aromatic carbocycles. The maximum atomic E-state index is 4.68. The number of pyridine rings is 2. The van der Waals surface area contributed by atoms with Gasteiger partial charge in [0.2, 0.25) is 0 Å². The van der Waals surface area contributed by atoms with Crippen LogP contribution in [-0.2, 0) is 6.54 Å². The molecule has 7 heteroatoms. The van der Waals surface area contributed by atoms with Crippen molar-refractivity contribution in [2.45, 2.75) is 19.5 Å². The Morgan fingerprint density at radius 3 is 2.88 bits per heavy atom. The zero-order valence-corrected chi connectivity index (χ0v) is 15.8. The van der Waals surface area contributed by atoms with Gasteiger partial charge in [0.1, 0.15) is 5.65 Å². The van der Waals surface area contributed by atoms with E-state index in [1.807, 2.05) is 24.5 Å². The molecule has 1 aliphatic heterocycles. The number of aromatic nitrogens is 3. The number of rotatable bonds is 3. The van der Waals surface area contributed by atoms with Crippen molar-refractivity contribution < 1.29 is 0 Å². The zero-order valence-electron chi connectivity index (χ0n) is 14.1. The van der Waals surface area contributed by atoms with E-state index in [0.29, 0.717) is 6.04 Å². The summed E-state index contributed by atoms with van der Waals surface area (Å²) in [5.74, 6) is 0. The Balaban J connectivity index is 0.00000113. The minimum absolute atomic E-state index is 0. The number of piperazine rings is 1. The minimum Gasteiger partial charge on any atom is -0.314 e. The van der Waals surface area contributed by atoms with Gasteiger partial charge in [-0.25, -0.2) is 4.98 Å². The van der Waals surface area contributed by atoms with Crippen LogP contribution in [0, 0.1) is 6.92 Å². The average molecular weight is 380 g/mol. The molecule has 3 aromatic rings. The first-order valence-corrected chi connectivity index (χ1v) is 8.10. The van der Waals surface area contributed by atoms with Crippen LogP contribution in [-0.4, -0.2) is 38.9 Å². The van der Waals surface area contributed by atoms with Gasteiger partial charge < -0.3 is 9.72 Å². The average Bonchev–Trinajstić information content (AvgIpc) is 2.92. The van der Waals surface area contributed by atoms with Crippen LogP contribution in [0.25, 0.3) is 5.65 Å². The van der Waals surface area contributed by atoms with Gasteiger partial charge in [-0.3, -0.25) is 9.88 Å². The van der Waals surface area contributed by atoms with Gasteiger partial charge in [-0.05, 0) is 30.7 Å². The van der Waals surface area contributed by atoms with Crippen LogP contribution in [0.2, 0.25) is 0 Å². The summed E-state index contributed by atoms with van der Waals surface area (Å²) in [7, 11) is 0. The van der Waals surface area contributed by atoms with E-state index in [-0.39, 0.29) is 24.8 Å². The Labute approximate surface area is 160 Å². The molecule has 1 fully saturated rings. The highest BCUT2D eigenvalue weighted by Crippen LogP contribution is 2.24. The first-order valence-electron chi connectivity index (χ1n) is 8.10. The first kappa shape index (κ1) is 19.7. The first-order chi connectivity index (χ1) is 11.3. The molecule has 1 aliphatic rings. The summed E-state index contributed by atoms with van der Waals surface area (Å²) in [4.78, 5) is 11.5. The second kappa shape index (κ2) is 8.63. The maximum absolute atomic E-state index is 4.68. The summed E-state index contributed by atoms with van der Waals surface area (Å²) in [6.45, 7) is 6.01. The summed E-state index contributed by atoms with van der Waals surface area (Å²) in [6, 6.07) is 10.7. The van der Waals surface area contributed by atoms with Gasteiger partial charge in [0.05, 0.1) is 11.4 Å². The third kappa shape index (κ3) is 3.96. The van der Waals surface area contributed by atoms with Crippen molar-refractivity contribution in [3.05, 3.63) is 65.9 Å². The fourth-order valence-electron chi connectivity index (χ4n) is 3.38. The van der Waals surface area contributed by atoms with Gasteiger partial charge in [0.25, 0.3) is 0 Å². The number of halogens is 2. The number of nitrogens with one attached hydrogen (secondary N) is 1. The largest absolute Gasteiger partial charge is 0.314 e. The summed E-state index contributed by atoms with van der Waals surface area (Å²) in [6.07, 6.45) is 5.91. The summed E-state index contributed by atoms with van der Waals surface area (Å²) in [5.41, 5.74) is 4.68. The standard InChI is InChI=1S/C18H21N5.2ClH/c1-14-17(23-9-3-2-6-18(23)21-14)13-22-10-8-20-12-16(22)15-5-4-7-19-11-15;;/h2-7,9,11,16,20H,8,10,12-13H2,1H3;2*1H. The van der Waals surface area contributed by atoms with Crippen LogP contribution >= 0.6 is 24.8 Å². The summed E-state index contributed by atoms with van der Waals surface area (Å²) >= 11 is 0. The Morgan fingerprint density at radius 1 is 1.20 bits per heavy atom. The van der Waals surface area contributed by atoms with Gasteiger partial charge in [0, 0.05) is 50.8 Å². The van der Waals surface area contributed by atoms with Crippen molar-refractivity contribution in [1.29, 1.82) is 0 Å². The van der Waals surface area contributed by atoms with Crippen LogP contribution in [0.4, 0.5) is 0 Å². The number of imidazole rings is 1. The Hall–Kier alpha value is -1.66. The second-order valence-corrected chi connectivity index (χ2v) is 6.05. The van der Waals surface area contributed by atoms with Crippen molar-refractivity contribution in [3.63, 3.8) is 0 Å². The Morgan fingerprint density at radius 2 is 2.08 bits per heavy atom. The fourth-order valence-corrected chi connectivity index (χ4v) is 3.38. The lowest BCUT2D eigenvalue weighted by Crippen LogP contribution is -2.45. The quantitative estimate of drug-likeness (QED) is 0.759. The summed E-state index contributed by atoms with van der Waals surface area (Å²) in [5, 5.41) is 3.50. The van der Waals surface area contributed by atoms with Crippen molar-refractivity contribution in [3.8, 4) is 0 Å². The monoisotopic (exact) mass is 379 g/mol. The molecule has 1 atom stereocenters. The highest BCUT2D eigenvalue weighted by Gasteiger charge is 2.25. The predicted octanol–water partition coefficient (Wildman–Crippen LogP) is 3.03. The van der Waals surface area contributed by atoms with E-state index in [1.165, 1.54) is 11.3 Å². The molecule has 1 unspecified atom stereocenters. The van der Waals surface area contributed by atoms with E-state index in [2.05, 4.69) is 55.9 Å². The molecule has 5 nitrogen and oxygen atoms in total. The van der Waals surface area contributed by atoms with Crippen molar-refractivity contribution >= 4 is 30.5 Å². The molecule has 0 saturated carbocycles. The Kier molecular flexibility index (Phi) is 6.79. The Bertz CT molecular complexity index is 806. The van der Waals surface area contributed by atoms with Crippen LogP contribution in [0.5, 0.6) is 0 Å². The predicted molar refractivity (Wildman–Crippen MR) is 105 cm³/mol. The molecule has 4 rings (SSSR count). The normalized spacial score (nSPS) is 17.7. The molecule has 134 valence electrons. The van der Waals surface area contributed by atoms with Crippen LogP contribution < -0.4 is 5.32 Å². The van der Waals surface area contributed by atoms with Crippen LogP contribution in [0.3, 0.4) is 0 Å². The third-order valence-electron chi connectivity index (χ3n) is 4.61. The van der Waals surface area contributed by atoms with Crippen molar-refractivity contribution in [2.24, 2.45) is 0 Å². The smallest absolute Gasteiger partial charge is 0.137 e. The number of hydrogen-bond acceptors (Lipinski definition) is 4. The lowest BCUT2D eigenvalue weighted by molar-refractivity contribution is 0.151. The summed E-state index contributed by atoms with van der Waals surface area (Å²) < 4.78 is 2.21. The highest BCUT2D eigenvalue weighted by atomic mass is 35.5. The lowest BCUT2D eigenvalue weighted by Gasteiger charge is -2.36. The number of hydrogen-bond donors (Lipinski definition) is 1. The van der Waals surface area contributed by atoms with E-state index >= 15 is 0 Å². The van der Waals surface area contributed by atoms with E-state index in [9.17, 15) is 0 Å². The lowest BCUT2D eigenvalue weighted by atomic mass is 10.0. The van der Waals surface area contributed by atoms with Crippen molar-refractivity contribution in [2.75, 3.05) is 19.6 Å². The number of fused-ring (bicyclic) bond motifs is 1.